The molecule has 0 aromatic heterocycles. The molecule has 1 saturated heterocycles. The predicted molar refractivity (Wildman–Crippen MR) is 90.8 cm³/mol. The van der Waals surface area contributed by atoms with Crippen molar-refractivity contribution in [1.29, 1.82) is 0 Å². The van der Waals surface area contributed by atoms with Crippen LogP contribution in [0.4, 0.5) is 5.69 Å². The van der Waals surface area contributed by atoms with Crippen LogP contribution < -0.4 is 9.64 Å². The summed E-state index contributed by atoms with van der Waals surface area (Å²) in [7, 11) is 3.22. The number of imide groups is 1. The lowest BCUT2D eigenvalue weighted by Gasteiger charge is -2.22. The second-order valence-electron chi connectivity index (χ2n) is 6.91. The third-order valence-electron chi connectivity index (χ3n) is 5.69. The molecule has 1 aromatic carbocycles. The Bertz CT molecular complexity index is 740. The Balaban J connectivity index is 1.47. The van der Waals surface area contributed by atoms with Gasteiger partial charge in [-0.15, -0.1) is 0 Å². The van der Waals surface area contributed by atoms with Gasteiger partial charge in [-0.25, -0.2) is 0 Å². The molecule has 0 radical (unpaired) electrons. The van der Waals surface area contributed by atoms with E-state index < -0.39 is 0 Å². The van der Waals surface area contributed by atoms with Crippen LogP contribution in [0.15, 0.2) is 36.4 Å². The fourth-order valence-electron chi connectivity index (χ4n) is 4.31. The van der Waals surface area contributed by atoms with Gasteiger partial charge in [0.2, 0.25) is 17.7 Å². The number of rotatable bonds is 4. The largest absolute Gasteiger partial charge is 0.497 e. The number of fused-ring (bicyclic) bond motifs is 5. The zero-order valence-corrected chi connectivity index (χ0v) is 14.2. The quantitative estimate of drug-likeness (QED) is 0.615. The number of likely N-dealkylation sites (N-methyl/N-ethyl adjacent to an activating group) is 1. The smallest absolute Gasteiger partial charge is 0.246 e. The second kappa shape index (κ2) is 5.72. The standard InChI is InChI=1S/C19H20N2O4/c1-20(13-5-7-14(25-2)8-6-13)15(22)10-21-18(23)16-11-3-4-12(9-11)17(16)19(21)24/h3-8,11-12,16-17H,9-10H2,1-2H3/t11-,12-,16-,17+/m0/s1. The van der Waals surface area contributed by atoms with Gasteiger partial charge in [0.1, 0.15) is 12.3 Å². The van der Waals surface area contributed by atoms with Crippen LogP contribution in [0.2, 0.25) is 0 Å². The molecule has 3 amide bonds. The van der Waals surface area contributed by atoms with Crippen molar-refractivity contribution in [2.75, 3.05) is 25.6 Å². The minimum absolute atomic E-state index is 0.158. The summed E-state index contributed by atoms with van der Waals surface area (Å²) in [6, 6.07) is 7.06. The van der Waals surface area contributed by atoms with Crippen LogP contribution in [0.25, 0.3) is 0 Å². The first-order chi connectivity index (χ1) is 12.0. The van der Waals surface area contributed by atoms with Crippen molar-refractivity contribution >= 4 is 23.4 Å². The number of allylic oxidation sites excluding steroid dienone is 2. The van der Waals surface area contributed by atoms with E-state index in [1.54, 1.807) is 38.4 Å². The predicted octanol–water partition coefficient (Wildman–Crippen LogP) is 1.47. The van der Waals surface area contributed by atoms with Crippen LogP contribution in [0.3, 0.4) is 0 Å². The van der Waals surface area contributed by atoms with Gasteiger partial charge in [0, 0.05) is 12.7 Å². The summed E-state index contributed by atoms with van der Waals surface area (Å²) >= 11 is 0. The highest BCUT2D eigenvalue weighted by Gasteiger charge is 2.59. The van der Waals surface area contributed by atoms with Crippen molar-refractivity contribution in [1.82, 2.24) is 4.90 Å². The Hall–Kier alpha value is -2.63. The highest BCUT2D eigenvalue weighted by atomic mass is 16.5. The lowest BCUT2D eigenvalue weighted by Crippen LogP contribution is -2.42. The number of carbonyl (C=O) groups is 3. The monoisotopic (exact) mass is 340 g/mol. The summed E-state index contributed by atoms with van der Waals surface area (Å²) in [6.07, 6.45) is 4.98. The zero-order chi connectivity index (χ0) is 17.7. The molecule has 0 spiro atoms. The van der Waals surface area contributed by atoms with E-state index in [1.807, 2.05) is 12.2 Å². The van der Waals surface area contributed by atoms with E-state index in [1.165, 1.54) is 4.90 Å². The van der Waals surface area contributed by atoms with Gasteiger partial charge in [0.15, 0.2) is 0 Å². The molecule has 6 nitrogen and oxygen atoms in total. The van der Waals surface area contributed by atoms with Crippen molar-refractivity contribution in [3.63, 3.8) is 0 Å². The molecule has 1 saturated carbocycles. The van der Waals surface area contributed by atoms with Gasteiger partial charge < -0.3 is 9.64 Å². The van der Waals surface area contributed by atoms with E-state index in [-0.39, 0.29) is 47.9 Å². The number of hydrogen-bond acceptors (Lipinski definition) is 4. The van der Waals surface area contributed by atoms with Crippen molar-refractivity contribution in [2.24, 2.45) is 23.7 Å². The fraction of sp³-hybridized carbons (Fsp3) is 0.421. The first-order valence-corrected chi connectivity index (χ1v) is 8.45. The first kappa shape index (κ1) is 15.9. The Labute approximate surface area is 146 Å². The second-order valence-corrected chi connectivity index (χ2v) is 6.91. The molecular weight excluding hydrogens is 320 g/mol. The molecule has 3 aliphatic rings. The molecule has 1 aromatic rings. The number of carbonyl (C=O) groups excluding carboxylic acids is 3. The summed E-state index contributed by atoms with van der Waals surface area (Å²) in [5.41, 5.74) is 0.687. The van der Waals surface area contributed by atoms with Crippen LogP contribution in [-0.2, 0) is 14.4 Å². The van der Waals surface area contributed by atoms with E-state index in [2.05, 4.69) is 0 Å². The normalized spacial score (nSPS) is 29.3. The van der Waals surface area contributed by atoms with Gasteiger partial charge >= 0.3 is 0 Å². The molecule has 0 unspecified atom stereocenters. The van der Waals surface area contributed by atoms with Crippen molar-refractivity contribution in [3.8, 4) is 5.75 Å². The summed E-state index contributed by atoms with van der Waals surface area (Å²) in [6.45, 7) is -0.202. The molecule has 2 bridgehead atoms. The maximum atomic E-state index is 12.6. The molecule has 4 atom stereocenters. The molecule has 25 heavy (non-hydrogen) atoms. The molecule has 2 aliphatic carbocycles. The molecule has 1 aliphatic heterocycles. The number of methoxy groups -OCH3 is 1. The average Bonchev–Trinajstić information content (AvgIpc) is 3.31. The Morgan fingerprint density at radius 1 is 1.12 bits per heavy atom. The van der Waals surface area contributed by atoms with Gasteiger partial charge in [-0.1, -0.05) is 12.2 Å². The SMILES string of the molecule is COc1ccc(N(C)C(=O)CN2C(=O)[C@@H]3[C@H](C2=O)[C@H]2C=C[C@H]3C2)cc1. The Morgan fingerprint density at radius 2 is 1.68 bits per heavy atom. The molecule has 0 N–H and O–H groups in total. The molecule has 6 heteroatoms. The van der Waals surface area contributed by atoms with Crippen molar-refractivity contribution < 1.29 is 19.1 Å². The van der Waals surface area contributed by atoms with Crippen LogP contribution in [-0.4, -0.2) is 43.3 Å². The summed E-state index contributed by atoms with van der Waals surface area (Å²) in [4.78, 5) is 40.5. The molecule has 130 valence electrons. The lowest BCUT2D eigenvalue weighted by atomic mass is 9.85. The summed E-state index contributed by atoms with van der Waals surface area (Å²) in [5.74, 6) is -0.177. The number of ether oxygens (including phenoxy) is 1. The Kier molecular flexibility index (Phi) is 3.63. The molecule has 2 fully saturated rings. The maximum absolute atomic E-state index is 12.6. The lowest BCUT2D eigenvalue weighted by molar-refractivity contribution is -0.143. The average molecular weight is 340 g/mol. The maximum Gasteiger partial charge on any atom is 0.246 e. The summed E-state index contributed by atoms with van der Waals surface area (Å²) in [5, 5.41) is 0. The van der Waals surface area contributed by atoms with Crippen molar-refractivity contribution in [2.45, 2.75) is 6.42 Å². The number of likely N-dealkylation sites (tertiary alicyclic amines) is 1. The van der Waals surface area contributed by atoms with Gasteiger partial charge in [-0.05, 0) is 42.5 Å². The number of anilines is 1. The van der Waals surface area contributed by atoms with Gasteiger partial charge in [-0.3, -0.25) is 19.3 Å². The molecular formula is C19H20N2O4. The van der Waals surface area contributed by atoms with E-state index >= 15 is 0 Å². The third kappa shape index (κ3) is 2.35. The van der Waals surface area contributed by atoms with Crippen LogP contribution in [0, 0.1) is 23.7 Å². The topological polar surface area (TPSA) is 66.9 Å². The van der Waals surface area contributed by atoms with Gasteiger partial charge in [-0.2, -0.15) is 0 Å². The number of hydrogen-bond donors (Lipinski definition) is 0. The van der Waals surface area contributed by atoms with Crippen LogP contribution >= 0.6 is 0 Å². The van der Waals surface area contributed by atoms with Gasteiger partial charge in [0.25, 0.3) is 0 Å². The van der Waals surface area contributed by atoms with E-state index in [0.717, 1.165) is 11.3 Å². The van der Waals surface area contributed by atoms with Crippen LogP contribution in [0.5, 0.6) is 5.75 Å². The highest BCUT2D eigenvalue weighted by molar-refractivity contribution is 6.09. The number of nitrogens with zero attached hydrogens (tertiary/aromatic N) is 2. The minimum atomic E-state index is -0.285. The first-order valence-electron chi connectivity index (χ1n) is 8.45. The number of amides is 3. The van der Waals surface area contributed by atoms with E-state index in [4.69, 9.17) is 4.74 Å². The van der Waals surface area contributed by atoms with E-state index in [9.17, 15) is 14.4 Å². The van der Waals surface area contributed by atoms with Gasteiger partial charge in [0.05, 0.1) is 18.9 Å². The fourth-order valence-corrected chi connectivity index (χ4v) is 4.31. The van der Waals surface area contributed by atoms with Crippen LogP contribution in [0.1, 0.15) is 6.42 Å². The number of benzene rings is 1. The minimum Gasteiger partial charge on any atom is -0.497 e. The van der Waals surface area contributed by atoms with Crippen molar-refractivity contribution in [3.05, 3.63) is 36.4 Å². The third-order valence-corrected chi connectivity index (χ3v) is 5.69. The van der Waals surface area contributed by atoms with E-state index in [0.29, 0.717) is 11.4 Å². The molecule has 4 rings (SSSR count). The zero-order valence-electron chi connectivity index (χ0n) is 14.2. The Morgan fingerprint density at radius 3 is 2.20 bits per heavy atom. The molecule has 1 heterocycles. The summed E-state index contributed by atoms with van der Waals surface area (Å²) < 4.78 is 5.11. The highest BCUT2D eigenvalue weighted by Crippen LogP contribution is 2.52.